The lowest BCUT2D eigenvalue weighted by atomic mass is 9.81. The molecule has 2 N–H and O–H groups in total. The van der Waals surface area contributed by atoms with Crippen LogP contribution in [0.2, 0.25) is 0 Å². The van der Waals surface area contributed by atoms with Gasteiger partial charge in [-0.1, -0.05) is 12.1 Å². The van der Waals surface area contributed by atoms with E-state index >= 15 is 0 Å². The summed E-state index contributed by atoms with van der Waals surface area (Å²) in [7, 11) is 5.63. The van der Waals surface area contributed by atoms with Gasteiger partial charge in [-0.2, -0.15) is 0 Å². The van der Waals surface area contributed by atoms with Crippen LogP contribution in [0.5, 0.6) is 5.75 Å². The Hall–Kier alpha value is -2.08. The summed E-state index contributed by atoms with van der Waals surface area (Å²) in [5.74, 6) is 1.18. The van der Waals surface area contributed by atoms with Gasteiger partial charge >= 0.3 is 0 Å². The van der Waals surface area contributed by atoms with Crippen molar-refractivity contribution in [1.82, 2.24) is 15.5 Å². The number of likely N-dealkylation sites (N-methyl/N-ethyl adjacent to an activating group) is 1. The van der Waals surface area contributed by atoms with Crippen molar-refractivity contribution in [2.45, 2.75) is 32.1 Å². The van der Waals surface area contributed by atoms with E-state index in [1.807, 2.05) is 43.3 Å². The first-order valence-corrected chi connectivity index (χ1v) is 9.82. The van der Waals surface area contributed by atoms with Gasteiger partial charge in [0.2, 0.25) is 11.8 Å². The van der Waals surface area contributed by atoms with Gasteiger partial charge in [0.05, 0.1) is 7.11 Å². The number of carbonyl (C=O) groups is 2. The molecule has 150 valence electrons. The normalized spacial score (nSPS) is 19.6. The smallest absolute Gasteiger partial charge is 0.223 e. The number of nitrogens with zero attached hydrogens (tertiary/aromatic N) is 1. The van der Waals surface area contributed by atoms with Crippen molar-refractivity contribution >= 4 is 11.8 Å². The topological polar surface area (TPSA) is 70.7 Å². The largest absolute Gasteiger partial charge is 0.497 e. The van der Waals surface area contributed by atoms with Gasteiger partial charge in [0.25, 0.3) is 0 Å². The first kappa shape index (κ1) is 21.2. The molecule has 0 atom stereocenters. The SMILES string of the molecule is COc1ccc(CCNC(=O)C2CCC(C(=O)NCCN(C)C)CC2)cc1. The Morgan fingerprint density at radius 1 is 0.963 bits per heavy atom. The van der Waals surface area contributed by atoms with Crippen LogP contribution in [0.3, 0.4) is 0 Å². The molecule has 1 aromatic carbocycles. The Bertz CT molecular complexity index is 593. The quantitative estimate of drug-likeness (QED) is 0.691. The number of ether oxygens (including phenoxy) is 1. The third-order valence-electron chi connectivity index (χ3n) is 5.20. The van der Waals surface area contributed by atoms with Gasteiger partial charge in [-0.05, 0) is 63.9 Å². The summed E-state index contributed by atoms with van der Waals surface area (Å²) in [5, 5.41) is 6.04. The summed E-state index contributed by atoms with van der Waals surface area (Å²) in [6.07, 6.45) is 3.98. The van der Waals surface area contributed by atoms with Gasteiger partial charge in [-0.15, -0.1) is 0 Å². The Balaban J connectivity index is 1.64. The van der Waals surface area contributed by atoms with Gasteiger partial charge < -0.3 is 20.3 Å². The number of rotatable bonds is 9. The molecule has 0 heterocycles. The molecule has 0 bridgehead atoms. The van der Waals surface area contributed by atoms with Crippen LogP contribution in [-0.2, 0) is 16.0 Å². The Kier molecular flexibility index (Phi) is 8.58. The highest BCUT2D eigenvalue weighted by molar-refractivity contribution is 5.81. The van der Waals surface area contributed by atoms with E-state index in [0.717, 1.165) is 44.4 Å². The van der Waals surface area contributed by atoms with Crippen LogP contribution in [0.1, 0.15) is 31.2 Å². The number of methoxy groups -OCH3 is 1. The molecule has 1 fully saturated rings. The Labute approximate surface area is 162 Å². The Morgan fingerprint density at radius 2 is 1.48 bits per heavy atom. The number of amides is 2. The summed E-state index contributed by atoms with van der Waals surface area (Å²) in [4.78, 5) is 26.6. The van der Waals surface area contributed by atoms with E-state index in [1.165, 1.54) is 5.56 Å². The van der Waals surface area contributed by atoms with Crippen LogP contribution in [-0.4, -0.2) is 57.6 Å². The summed E-state index contributed by atoms with van der Waals surface area (Å²) < 4.78 is 5.15. The van der Waals surface area contributed by atoms with Crippen LogP contribution in [0, 0.1) is 11.8 Å². The second-order valence-electron chi connectivity index (χ2n) is 7.53. The van der Waals surface area contributed by atoms with Crippen molar-refractivity contribution in [3.63, 3.8) is 0 Å². The highest BCUT2D eigenvalue weighted by Gasteiger charge is 2.29. The average molecular weight is 376 g/mol. The van der Waals surface area contributed by atoms with Crippen molar-refractivity contribution in [3.05, 3.63) is 29.8 Å². The summed E-state index contributed by atoms with van der Waals surface area (Å²) in [6, 6.07) is 7.90. The molecule has 6 nitrogen and oxygen atoms in total. The van der Waals surface area contributed by atoms with E-state index in [4.69, 9.17) is 4.74 Å². The molecule has 1 aromatic rings. The first-order chi connectivity index (χ1) is 13.0. The molecule has 0 spiro atoms. The van der Waals surface area contributed by atoms with E-state index in [9.17, 15) is 9.59 Å². The van der Waals surface area contributed by atoms with E-state index in [-0.39, 0.29) is 23.7 Å². The third-order valence-corrected chi connectivity index (χ3v) is 5.20. The fourth-order valence-electron chi connectivity index (χ4n) is 3.43. The van der Waals surface area contributed by atoms with Crippen molar-refractivity contribution in [2.75, 3.05) is 40.8 Å². The zero-order valence-corrected chi connectivity index (χ0v) is 16.8. The van der Waals surface area contributed by atoms with Crippen molar-refractivity contribution in [1.29, 1.82) is 0 Å². The predicted molar refractivity (Wildman–Crippen MR) is 107 cm³/mol. The minimum Gasteiger partial charge on any atom is -0.497 e. The van der Waals surface area contributed by atoms with E-state index in [0.29, 0.717) is 13.1 Å². The van der Waals surface area contributed by atoms with Crippen molar-refractivity contribution in [2.24, 2.45) is 11.8 Å². The van der Waals surface area contributed by atoms with E-state index < -0.39 is 0 Å². The second kappa shape index (κ2) is 10.9. The molecule has 0 aliphatic heterocycles. The van der Waals surface area contributed by atoms with Crippen LogP contribution in [0.25, 0.3) is 0 Å². The number of hydrogen-bond donors (Lipinski definition) is 2. The molecule has 0 radical (unpaired) electrons. The highest BCUT2D eigenvalue weighted by atomic mass is 16.5. The standard InChI is InChI=1S/C21H33N3O3/c1-24(2)15-14-23-21(26)18-8-6-17(7-9-18)20(25)22-13-12-16-4-10-19(27-3)11-5-16/h4-5,10-11,17-18H,6-9,12-15H2,1-3H3,(H,22,25)(H,23,26). The average Bonchev–Trinajstić information content (AvgIpc) is 2.68. The highest BCUT2D eigenvalue weighted by Crippen LogP contribution is 2.29. The fourth-order valence-corrected chi connectivity index (χ4v) is 3.43. The van der Waals surface area contributed by atoms with E-state index in [2.05, 4.69) is 10.6 Å². The summed E-state index contributed by atoms with van der Waals surface area (Å²) >= 11 is 0. The zero-order valence-electron chi connectivity index (χ0n) is 16.8. The lowest BCUT2D eigenvalue weighted by molar-refractivity contribution is -0.130. The zero-order chi connectivity index (χ0) is 19.6. The maximum Gasteiger partial charge on any atom is 0.223 e. The molecule has 0 aromatic heterocycles. The molecule has 6 heteroatoms. The maximum atomic E-state index is 12.4. The predicted octanol–water partition coefficient (Wildman–Crippen LogP) is 1.84. The monoisotopic (exact) mass is 375 g/mol. The van der Waals surface area contributed by atoms with Gasteiger partial charge in [0, 0.05) is 31.5 Å². The van der Waals surface area contributed by atoms with Crippen LogP contribution in [0.4, 0.5) is 0 Å². The molecule has 0 unspecified atom stereocenters. The minimum atomic E-state index is 0.0340. The lowest BCUT2D eigenvalue weighted by Gasteiger charge is -2.27. The fraction of sp³-hybridized carbons (Fsp3) is 0.619. The molecule has 1 aliphatic rings. The lowest BCUT2D eigenvalue weighted by Crippen LogP contribution is -2.39. The summed E-state index contributed by atoms with van der Waals surface area (Å²) in [5.41, 5.74) is 1.18. The number of nitrogens with one attached hydrogen (secondary N) is 2. The molecular formula is C21H33N3O3. The number of carbonyl (C=O) groups excluding carboxylic acids is 2. The Morgan fingerprint density at radius 3 is 1.96 bits per heavy atom. The molecule has 2 rings (SSSR count). The molecule has 27 heavy (non-hydrogen) atoms. The van der Waals surface area contributed by atoms with E-state index in [1.54, 1.807) is 7.11 Å². The molecule has 1 saturated carbocycles. The van der Waals surface area contributed by atoms with Gasteiger partial charge in [-0.25, -0.2) is 0 Å². The van der Waals surface area contributed by atoms with Crippen LogP contribution >= 0.6 is 0 Å². The maximum absolute atomic E-state index is 12.4. The van der Waals surface area contributed by atoms with Crippen LogP contribution in [0.15, 0.2) is 24.3 Å². The number of benzene rings is 1. The number of hydrogen-bond acceptors (Lipinski definition) is 4. The van der Waals surface area contributed by atoms with Gasteiger partial charge in [0.15, 0.2) is 0 Å². The molecule has 0 saturated heterocycles. The molecule has 1 aliphatic carbocycles. The molecular weight excluding hydrogens is 342 g/mol. The summed E-state index contributed by atoms with van der Waals surface area (Å²) in [6.45, 7) is 2.16. The van der Waals surface area contributed by atoms with Crippen molar-refractivity contribution < 1.29 is 14.3 Å². The first-order valence-electron chi connectivity index (χ1n) is 9.82. The van der Waals surface area contributed by atoms with Crippen LogP contribution < -0.4 is 15.4 Å². The van der Waals surface area contributed by atoms with Gasteiger partial charge in [0.1, 0.15) is 5.75 Å². The second-order valence-corrected chi connectivity index (χ2v) is 7.53. The van der Waals surface area contributed by atoms with Gasteiger partial charge in [-0.3, -0.25) is 9.59 Å². The minimum absolute atomic E-state index is 0.0340. The third kappa shape index (κ3) is 7.21. The molecule has 2 amide bonds. The van der Waals surface area contributed by atoms with Crippen molar-refractivity contribution in [3.8, 4) is 5.75 Å².